The highest BCUT2D eigenvalue weighted by molar-refractivity contribution is 9.10. The van der Waals surface area contributed by atoms with E-state index in [1.807, 2.05) is 0 Å². The van der Waals surface area contributed by atoms with Crippen LogP contribution in [0.15, 0.2) is 52.0 Å². The predicted octanol–water partition coefficient (Wildman–Crippen LogP) is 2.78. The molecule has 104 valence electrons. The number of carbonyl (C=O) groups excluding carboxylic acids is 2. The third-order valence-electron chi connectivity index (χ3n) is 3.07. The summed E-state index contributed by atoms with van der Waals surface area (Å²) in [4.78, 5) is 24.2. The summed E-state index contributed by atoms with van der Waals surface area (Å²) in [6, 6.07) is 11.4. The van der Waals surface area contributed by atoms with E-state index in [2.05, 4.69) is 21.0 Å². The second kappa shape index (κ2) is 5.14. The quantitative estimate of drug-likeness (QED) is 0.672. The smallest absolute Gasteiger partial charge is 0.282 e. The second-order valence-corrected chi connectivity index (χ2v) is 5.28. The first-order valence-corrected chi connectivity index (χ1v) is 6.87. The van der Waals surface area contributed by atoms with Crippen LogP contribution in [0, 0.1) is 0 Å². The fourth-order valence-corrected chi connectivity index (χ4v) is 2.41. The van der Waals surface area contributed by atoms with Crippen LogP contribution in [-0.4, -0.2) is 28.1 Å². The molecular weight excluding hydrogens is 336 g/mol. The van der Waals surface area contributed by atoms with Gasteiger partial charge in [-0.2, -0.15) is 10.1 Å². The number of phenolic OH excluding ortho intramolecular Hbond substituents is 1. The normalized spacial score (nSPS) is 14.0. The lowest BCUT2D eigenvalue weighted by atomic mass is 10.1. The van der Waals surface area contributed by atoms with Gasteiger partial charge in [0.1, 0.15) is 5.75 Å². The number of carbonyl (C=O) groups is 2. The molecule has 0 aromatic heterocycles. The van der Waals surface area contributed by atoms with Crippen LogP contribution in [0.1, 0.15) is 26.3 Å². The Balaban J connectivity index is 1.89. The second-order valence-electron chi connectivity index (χ2n) is 4.42. The maximum Gasteiger partial charge on any atom is 0.282 e. The zero-order valence-corrected chi connectivity index (χ0v) is 12.2. The van der Waals surface area contributed by atoms with Crippen LogP contribution < -0.4 is 0 Å². The van der Waals surface area contributed by atoms with Gasteiger partial charge in [-0.1, -0.05) is 12.1 Å². The van der Waals surface area contributed by atoms with Crippen molar-refractivity contribution in [2.24, 2.45) is 5.10 Å². The maximum atomic E-state index is 12.1. The summed E-state index contributed by atoms with van der Waals surface area (Å²) in [5.41, 5.74) is 1.36. The van der Waals surface area contributed by atoms with Gasteiger partial charge in [-0.05, 0) is 51.8 Å². The van der Waals surface area contributed by atoms with E-state index in [9.17, 15) is 14.7 Å². The molecule has 0 fully saturated rings. The molecule has 2 aromatic rings. The lowest BCUT2D eigenvalue weighted by Crippen LogP contribution is -2.23. The number of fused-ring (bicyclic) bond motifs is 1. The van der Waals surface area contributed by atoms with E-state index >= 15 is 0 Å². The molecule has 1 N–H and O–H groups in total. The van der Waals surface area contributed by atoms with E-state index in [4.69, 9.17) is 0 Å². The zero-order chi connectivity index (χ0) is 15.0. The van der Waals surface area contributed by atoms with E-state index in [0.29, 0.717) is 21.2 Å². The molecular formula is C15H9BrN2O3. The molecule has 0 spiro atoms. The SMILES string of the molecule is O=C1c2ccccc2C(=O)N1/N=C/c1ccc(O)c(Br)c1. The Hall–Kier alpha value is -2.47. The van der Waals surface area contributed by atoms with Crippen molar-refractivity contribution in [1.29, 1.82) is 0 Å². The molecule has 1 aliphatic heterocycles. The molecule has 21 heavy (non-hydrogen) atoms. The van der Waals surface area contributed by atoms with Gasteiger partial charge in [-0.3, -0.25) is 9.59 Å². The molecule has 0 saturated carbocycles. The largest absolute Gasteiger partial charge is 0.507 e. The highest BCUT2D eigenvalue weighted by Gasteiger charge is 2.35. The third kappa shape index (κ3) is 2.34. The van der Waals surface area contributed by atoms with E-state index in [0.717, 1.165) is 5.01 Å². The molecule has 1 aliphatic rings. The summed E-state index contributed by atoms with van der Waals surface area (Å²) in [5.74, 6) is -0.776. The maximum absolute atomic E-state index is 12.1. The van der Waals surface area contributed by atoms with E-state index in [1.165, 1.54) is 12.3 Å². The Morgan fingerprint density at radius 1 is 1.05 bits per heavy atom. The van der Waals surface area contributed by atoms with E-state index in [1.54, 1.807) is 36.4 Å². The minimum atomic E-state index is -0.440. The van der Waals surface area contributed by atoms with Crippen LogP contribution in [0.2, 0.25) is 0 Å². The topological polar surface area (TPSA) is 70.0 Å². The number of aromatic hydroxyl groups is 1. The highest BCUT2D eigenvalue weighted by atomic mass is 79.9. The van der Waals surface area contributed by atoms with Crippen molar-refractivity contribution in [2.45, 2.75) is 0 Å². The van der Waals surface area contributed by atoms with Gasteiger partial charge in [0.15, 0.2) is 0 Å². The van der Waals surface area contributed by atoms with Gasteiger partial charge in [-0.25, -0.2) is 0 Å². The third-order valence-corrected chi connectivity index (χ3v) is 3.70. The number of imide groups is 1. The molecule has 0 saturated heterocycles. The molecule has 0 aliphatic carbocycles. The van der Waals surface area contributed by atoms with Crippen molar-refractivity contribution in [3.63, 3.8) is 0 Å². The van der Waals surface area contributed by atoms with Crippen molar-refractivity contribution in [3.8, 4) is 5.75 Å². The first-order chi connectivity index (χ1) is 10.1. The molecule has 0 atom stereocenters. The van der Waals surface area contributed by atoms with Gasteiger partial charge in [0.05, 0.1) is 21.8 Å². The number of hydrazone groups is 1. The monoisotopic (exact) mass is 344 g/mol. The minimum Gasteiger partial charge on any atom is -0.507 e. The van der Waals surface area contributed by atoms with Crippen molar-refractivity contribution < 1.29 is 14.7 Å². The van der Waals surface area contributed by atoms with E-state index in [-0.39, 0.29) is 5.75 Å². The average Bonchev–Trinajstić information content (AvgIpc) is 2.73. The van der Waals surface area contributed by atoms with Gasteiger partial charge in [0, 0.05) is 0 Å². The Morgan fingerprint density at radius 3 is 2.24 bits per heavy atom. The molecule has 1 heterocycles. The van der Waals surface area contributed by atoms with Crippen molar-refractivity contribution in [1.82, 2.24) is 5.01 Å². The molecule has 2 amide bonds. The summed E-state index contributed by atoms with van der Waals surface area (Å²) in [6.45, 7) is 0. The van der Waals surface area contributed by atoms with Crippen LogP contribution in [0.4, 0.5) is 0 Å². The number of halogens is 1. The van der Waals surface area contributed by atoms with Crippen LogP contribution in [-0.2, 0) is 0 Å². The first kappa shape index (κ1) is 13.5. The number of rotatable bonds is 2. The molecule has 3 rings (SSSR count). The van der Waals surface area contributed by atoms with Gasteiger partial charge in [0.2, 0.25) is 0 Å². The molecule has 0 unspecified atom stereocenters. The number of hydrogen-bond donors (Lipinski definition) is 1. The average molecular weight is 345 g/mol. The lowest BCUT2D eigenvalue weighted by molar-refractivity contribution is 0.0660. The number of benzene rings is 2. The number of hydrogen-bond acceptors (Lipinski definition) is 4. The summed E-state index contributed by atoms with van der Waals surface area (Å²) in [7, 11) is 0. The fourth-order valence-electron chi connectivity index (χ4n) is 2.01. The van der Waals surface area contributed by atoms with Crippen LogP contribution in [0.5, 0.6) is 5.75 Å². The Bertz CT molecular complexity index is 751. The Kier molecular flexibility index (Phi) is 3.31. The van der Waals surface area contributed by atoms with Crippen LogP contribution in [0.3, 0.4) is 0 Å². The van der Waals surface area contributed by atoms with Crippen molar-refractivity contribution in [2.75, 3.05) is 0 Å². The number of nitrogens with zero attached hydrogens (tertiary/aromatic N) is 2. The summed E-state index contributed by atoms with van der Waals surface area (Å²) in [6.07, 6.45) is 1.39. The molecule has 6 heteroatoms. The van der Waals surface area contributed by atoms with Gasteiger partial charge < -0.3 is 5.11 Å². The number of phenols is 1. The summed E-state index contributed by atoms with van der Waals surface area (Å²) < 4.78 is 0.508. The molecule has 2 aromatic carbocycles. The Labute approximate surface area is 128 Å². The van der Waals surface area contributed by atoms with Gasteiger partial charge in [-0.15, -0.1) is 0 Å². The lowest BCUT2D eigenvalue weighted by Gasteiger charge is -2.05. The molecule has 0 radical (unpaired) electrons. The van der Waals surface area contributed by atoms with Gasteiger partial charge in [0.25, 0.3) is 11.8 Å². The zero-order valence-electron chi connectivity index (χ0n) is 10.7. The highest BCUT2D eigenvalue weighted by Crippen LogP contribution is 2.25. The number of amides is 2. The first-order valence-electron chi connectivity index (χ1n) is 6.08. The summed E-state index contributed by atoms with van der Waals surface area (Å²) in [5, 5.41) is 14.2. The van der Waals surface area contributed by atoms with Crippen molar-refractivity contribution in [3.05, 3.63) is 63.6 Å². The minimum absolute atomic E-state index is 0.105. The summed E-state index contributed by atoms with van der Waals surface area (Å²) >= 11 is 3.19. The Morgan fingerprint density at radius 2 is 1.67 bits per heavy atom. The van der Waals surface area contributed by atoms with Gasteiger partial charge >= 0.3 is 0 Å². The fraction of sp³-hybridized carbons (Fsp3) is 0. The van der Waals surface area contributed by atoms with Crippen molar-refractivity contribution >= 4 is 34.0 Å². The standard InChI is InChI=1S/C15H9BrN2O3/c16-12-7-9(5-6-13(12)19)8-17-18-14(20)10-3-1-2-4-11(10)15(18)21/h1-8,19H/b17-8+. The molecule has 0 bridgehead atoms. The van der Waals surface area contributed by atoms with E-state index < -0.39 is 11.8 Å². The van der Waals surface area contributed by atoms with Crippen LogP contribution >= 0.6 is 15.9 Å². The van der Waals surface area contributed by atoms with Crippen LogP contribution in [0.25, 0.3) is 0 Å². The predicted molar refractivity (Wildman–Crippen MR) is 80.3 cm³/mol. The molecule has 5 nitrogen and oxygen atoms in total.